The highest BCUT2D eigenvalue weighted by atomic mass is 79.9. The Kier molecular flexibility index (Phi) is 3.42. The number of rotatable bonds is 2. The molecule has 7 heteroatoms. The van der Waals surface area contributed by atoms with E-state index in [9.17, 15) is 9.59 Å². The first-order valence-corrected chi connectivity index (χ1v) is 7.99. The SMILES string of the molecule is O=c1[nH][nH]c(=O)c2c(-c3ccccc3)n(-c3ccc(Br)cc3)nc12. The lowest BCUT2D eigenvalue weighted by atomic mass is 10.1. The highest BCUT2D eigenvalue weighted by Gasteiger charge is 2.19. The fourth-order valence-electron chi connectivity index (χ4n) is 2.66. The van der Waals surface area contributed by atoms with Gasteiger partial charge in [-0.2, -0.15) is 5.10 Å². The van der Waals surface area contributed by atoms with E-state index in [0.717, 1.165) is 15.7 Å². The smallest absolute Gasteiger partial charge is 0.267 e. The molecule has 0 spiro atoms. The predicted octanol–water partition coefficient (Wildman–Crippen LogP) is 2.83. The second-order valence-corrected chi connectivity index (χ2v) is 6.15. The highest BCUT2D eigenvalue weighted by Crippen LogP contribution is 2.28. The number of hydrogen-bond acceptors (Lipinski definition) is 3. The van der Waals surface area contributed by atoms with Crippen LogP contribution in [0.3, 0.4) is 0 Å². The summed E-state index contributed by atoms with van der Waals surface area (Å²) in [5.74, 6) is 0. The fourth-order valence-corrected chi connectivity index (χ4v) is 2.92. The molecule has 0 unspecified atom stereocenters. The van der Waals surface area contributed by atoms with Crippen molar-refractivity contribution < 1.29 is 0 Å². The largest absolute Gasteiger partial charge is 0.291 e. The molecule has 0 aliphatic heterocycles. The van der Waals surface area contributed by atoms with Crippen LogP contribution in [0.2, 0.25) is 0 Å². The Hall–Kier alpha value is -2.93. The molecule has 0 fully saturated rings. The Morgan fingerprint density at radius 1 is 0.875 bits per heavy atom. The number of H-pyrrole nitrogens is 2. The molecule has 2 heterocycles. The number of nitrogens with zero attached hydrogens (tertiary/aromatic N) is 2. The molecule has 118 valence electrons. The molecule has 4 aromatic rings. The minimum atomic E-state index is -0.433. The number of benzene rings is 2. The molecule has 0 saturated heterocycles. The lowest BCUT2D eigenvalue weighted by molar-refractivity contribution is 0.897. The first kappa shape index (κ1) is 14.6. The maximum atomic E-state index is 12.3. The van der Waals surface area contributed by atoms with Crippen molar-refractivity contribution in [1.29, 1.82) is 0 Å². The summed E-state index contributed by atoms with van der Waals surface area (Å²) in [6.07, 6.45) is 0. The predicted molar refractivity (Wildman–Crippen MR) is 95.4 cm³/mol. The van der Waals surface area contributed by atoms with E-state index in [1.165, 1.54) is 0 Å². The van der Waals surface area contributed by atoms with Gasteiger partial charge in [-0.05, 0) is 24.3 Å². The molecule has 0 atom stereocenters. The number of nitrogens with one attached hydrogen (secondary N) is 2. The minimum Gasteiger partial charge on any atom is -0.267 e. The number of halogens is 1. The second kappa shape index (κ2) is 5.61. The number of hydrogen-bond donors (Lipinski definition) is 2. The maximum Gasteiger partial charge on any atom is 0.291 e. The van der Waals surface area contributed by atoms with Crippen LogP contribution in [0.15, 0.2) is 68.7 Å². The molecule has 2 aromatic heterocycles. The summed E-state index contributed by atoms with van der Waals surface area (Å²) in [5.41, 5.74) is 1.44. The summed E-state index contributed by atoms with van der Waals surface area (Å²) in [6, 6.07) is 16.9. The van der Waals surface area contributed by atoms with Gasteiger partial charge in [0.25, 0.3) is 11.1 Å². The standard InChI is InChI=1S/C17H11BrN4O2/c18-11-6-8-12(9-7-11)22-15(10-4-2-1-3-5-10)13-14(21-22)17(24)20-19-16(13)23/h1-9H,(H,19,23)(H,20,24). The van der Waals surface area contributed by atoms with E-state index in [1.54, 1.807) is 4.68 Å². The van der Waals surface area contributed by atoms with Gasteiger partial charge in [0.2, 0.25) is 0 Å². The van der Waals surface area contributed by atoms with Crippen molar-refractivity contribution in [3.8, 4) is 16.9 Å². The molecular formula is C17H11BrN4O2. The van der Waals surface area contributed by atoms with E-state index in [4.69, 9.17) is 0 Å². The normalized spacial score (nSPS) is 11.0. The Morgan fingerprint density at radius 2 is 1.54 bits per heavy atom. The van der Waals surface area contributed by atoms with Gasteiger partial charge in [-0.3, -0.25) is 19.8 Å². The van der Waals surface area contributed by atoms with E-state index in [0.29, 0.717) is 5.69 Å². The molecule has 24 heavy (non-hydrogen) atoms. The summed E-state index contributed by atoms with van der Waals surface area (Å²) in [5, 5.41) is 9.35. The Morgan fingerprint density at radius 3 is 2.25 bits per heavy atom. The van der Waals surface area contributed by atoms with Crippen LogP contribution in [0.4, 0.5) is 0 Å². The van der Waals surface area contributed by atoms with Crippen molar-refractivity contribution >= 4 is 26.8 Å². The van der Waals surface area contributed by atoms with E-state index in [-0.39, 0.29) is 16.5 Å². The first-order valence-electron chi connectivity index (χ1n) is 7.20. The zero-order valence-electron chi connectivity index (χ0n) is 12.3. The van der Waals surface area contributed by atoms with Gasteiger partial charge in [-0.15, -0.1) is 0 Å². The summed E-state index contributed by atoms with van der Waals surface area (Å²) < 4.78 is 2.55. The van der Waals surface area contributed by atoms with Crippen LogP contribution in [-0.4, -0.2) is 20.0 Å². The molecular weight excluding hydrogens is 372 g/mol. The van der Waals surface area contributed by atoms with Gasteiger partial charge in [0.1, 0.15) is 5.39 Å². The third-order valence-corrected chi connectivity index (χ3v) is 4.26. The average molecular weight is 383 g/mol. The van der Waals surface area contributed by atoms with Crippen LogP contribution >= 0.6 is 15.9 Å². The van der Waals surface area contributed by atoms with Gasteiger partial charge >= 0.3 is 0 Å². The van der Waals surface area contributed by atoms with Crippen LogP contribution in [-0.2, 0) is 0 Å². The summed E-state index contributed by atoms with van der Waals surface area (Å²) in [6.45, 7) is 0. The van der Waals surface area contributed by atoms with Gasteiger partial charge in [0.05, 0.1) is 11.4 Å². The Labute approximate surface area is 143 Å². The van der Waals surface area contributed by atoms with Gasteiger partial charge in [0.15, 0.2) is 5.52 Å². The zero-order valence-corrected chi connectivity index (χ0v) is 13.9. The molecule has 6 nitrogen and oxygen atoms in total. The molecule has 2 aromatic carbocycles. The molecule has 0 aliphatic rings. The molecule has 2 N–H and O–H groups in total. The maximum absolute atomic E-state index is 12.3. The fraction of sp³-hybridized carbons (Fsp3) is 0. The zero-order chi connectivity index (χ0) is 16.7. The van der Waals surface area contributed by atoms with Crippen molar-refractivity contribution in [2.75, 3.05) is 0 Å². The van der Waals surface area contributed by atoms with E-state index in [2.05, 4.69) is 31.2 Å². The molecule has 0 aliphatic carbocycles. The Bertz CT molecular complexity index is 1140. The third kappa shape index (κ3) is 2.30. The highest BCUT2D eigenvalue weighted by molar-refractivity contribution is 9.10. The third-order valence-electron chi connectivity index (χ3n) is 3.74. The lowest BCUT2D eigenvalue weighted by Crippen LogP contribution is -2.18. The van der Waals surface area contributed by atoms with Crippen molar-refractivity contribution in [3.05, 3.63) is 79.8 Å². The monoisotopic (exact) mass is 382 g/mol. The van der Waals surface area contributed by atoms with Gasteiger partial charge in [-0.25, -0.2) is 4.68 Å². The van der Waals surface area contributed by atoms with Crippen LogP contribution < -0.4 is 11.1 Å². The average Bonchev–Trinajstić information content (AvgIpc) is 3.01. The van der Waals surface area contributed by atoms with Crippen LogP contribution in [0.1, 0.15) is 0 Å². The molecule has 0 saturated carbocycles. The van der Waals surface area contributed by atoms with Crippen LogP contribution in [0.5, 0.6) is 0 Å². The summed E-state index contributed by atoms with van der Waals surface area (Å²) >= 11 is 3.40. The van der Waals surface area contributed by atoms with Crippen LogP contribution in [0.25, 0.3) is 27.8 Å². The number of aromatic nitrogens is 4. The van der Waals surface area contributed by atoms with Crippen LogP contribution in [0, 0.1) is 0 Å². The second-order valence-electron chi connectivity index (χ2n) is 5.23. The van der Waals surface area contributed by atoms with Crippen molar-refractivity contribution in [1.82, 2.24) is 20.0 Å². The minimum absolute atomic E-state index is 0.112. The first-order chi connectivity index (χ1) is 11.6. The lowest BCUT2D eigenvalue weighted by Gasteiger charge is -2.08. The molecule has 0 amide bonds. The summed E-state index contributed by atoms with van der Waals surface area (Å²) in [4.78, 5) is 24.4. The van der Waals surface area contributed by atoms with Gasteiger partial charge in [-0.1, -0.05) is 46.3 Å². The quantitative estimate of drug-likeness (QED) is 0.559. The number of aromatic amines is 2. The van der Waals surface area contributed by atoms with Crippen molar-refractivity contribution in [2.45, 2.75) is 0 Å². The Balaban J connectivity index is 2.15. The number of fused-ring (bicyclic) bond motifs is 1. The van der Waals surface area contributed by atoms with Gasteiger partial charge < -0.3 is 0 Å². The molecule has 0 bridgehead atoms. The van der Waals surface area contributed by atoms with Crippen molar-refractivity contribution in [3.63, 3.8) is 0 Å². The van der Waals surface area contributed by atoms with Gasteiger partial charge in [0, 0.05) is 10.0 Å². The molecule has 4 rings (SSSR count). The van der Waals surface area contributed by atoms with E-state index >= 15 is 0 Å². The van der Waals surface area contributed by atoms with E-state index < -0.39 is 5.56 Å². The van der Waals surface area contributed by atoms with Crippen molar-refractivity contribution in [2.24, 2.45) is 0 Å². The molecule has 0 radical (unpaired) electrons. The topological polar surface area (TPSA) is 83.5 Å². The van der Waals surface area contributed by atoms with E-state index in [1.807, 2.05) is 54.6 Å². The summed E-state index contributed by atoms with van der Waals surface area (Å²) in [7, 11) is 0.